The van der Waals surface area contributed by atoms with Crippen molar-refractivity contribution in [3.05, 3.63) is 23.8 Å². The van der Waals surface area contributed by atoms with Gasteiger partial charge in [0.05, 0.1) is 0 Å². The lowest BCUT2D eigenvalue weighted by Crippen LogP contribution is -2.15. The van der Waals surface area contributed by atoms with Crippen LogP contribution in [-0.4, -0.2) is 24.2 Å². The van der Waals surface area contributed by atoms with Gasteiger partial charge in [-0.2, -0.15) is 0 Å². The normalized spacial score (nSPS) is 16.1. The second kappa shape index (κ2) is 6.38. The predicted molar refractivity (Wildman–Crippen MR) is 56.2 cm³/mol. The molecule has 1 aliphatic carbocycles. The van der Waals surface area contributed by atoms with Crippen LogP contribution in [0.1, 0.15) is 25.7 Å². The summed E-state index contributed by atoms with van der Waals surface area (Å²) in [5.41, 5.74) is 1.54. The number of carboxylic acid groups (broad SMARTS) is 1. The Kier molecular flexibility index (Phi) is 5.00. The highest BCUT2D eigenvalue weighted by Gasteiger charge is 2.02. The largest absolute Gasteiger partial charge is 0.478 e. The number of aliphatic carboxylic acids is 1. The molecular formula is C11H17NO2. The average Bonchev–Trinajstić information content (AvgIpc) is 2.63. The number of hydrogen-bond acceptors (Lipinski definition) is 2. The highest BCUT2D eigenvalue weighted by Crippen LogP contribution is 2.19. The molecule has 0 bridgehead atoms. The van der Waals surface area contributed by atoms with Crippen LogP contribution in [0, 0.1) is 0 Å². The Morgan fingerprint density at radius 1 is 1.64 bits per heavy atom. The summed E-state index contributed by atoms with van der Waals surface area (Å²) in [6.45, 7) is 1.58. The fourth-order valence-corrected chi connectivity index (χ4v) is 1.56. The smallest absolute Gasteiger partial charge is 0.328 e. The van der Waals surface area contributed by atoms with Crippen LogP contribution >= 0.6 is 0 Å². The standard InChI is InChI=1S/C11H17NO2/c13-11(14)6-3-8-12-9-7-10-4-1-2-5-10/h3-4,6,12H,1-2,5,7-9H2,(H,13,14)/b6-3+. The summed E-state index contributed by atoms with van der Waals surface area (Å²) in [5.74, 6) is -0.884. The topological polar surface area (TPSA) is 49.3 Å². The van der Waals surface area contributed by atoms with Crippen LogP contribution in [0.25, 0.3) is 0 Å². The van der Waals surface area contributed by atoms with Crippen molar-refractivity contribution < 1.29 is 9.90 Å². The van der Waals surface area contributed by atoms with Gasteiger partial charge in [-0.25, -0.2) is 4.79 Å². The van der Waals surface area contributed by atoms with Crippen molar-refractivity contribution in [1.29, 1.82) is 0 Å². The molecule has 0 amide bonds. The van der Waals surface area contributed by atoms with Gasteiger partial charge >= 0.3 is 5.97 Å². The Morgan fingerprint density at radius 2 is 2.50 bits per heavy atom. The zero-order valence-electron chi connectivity index (χ0n) is 8.33. The third-order valence-electron chi connectivity index (χ3n) is 2.28. The predicted octanol–water partition coefficient (Wildman–Crippen LogP) is 1.72. The molecule has 2 N–H and O–H groups in total. The zero-order chi connectivity index (χ0) is 10.2. The maximum Gasteiger partial charge on any atom is 0.328 e. The molecule has 0 spiro atoms. The molecule has 0 radical (unpaired) electrons. The first kappa shape index (κ1) is 11.0. The number of carbonyl (C=O) groups is 1. The highest BCUT2D eigenvalue weighted by atomic mass is 16.4. The molecule has 0 fully saturated rings. The van der Waals surface area contributed by atoms with E-state index < -0.39 is 5.97 Å². The summed E-state index contributed by atoms with van der Waals surface area (Å²) in [6.07, 6.45) is 9.98. The van der Waals surface area contributed by atoms with Gasteiger partial charge in [-0.15, -0.1) is 0 Å². The van der Waals surface area contributed by atoms with E-state index in [1.54, 1.807) is 11.6 Å². The van der Waals surface area contributed by atoms with Crippen LogP contribution < -0.4 is 5.32 Å². The van der Waals surface area contributed by atoms with Crippen molar-refractivity contribution in [2.24, 2.45) is 0 Å². The zero-order valence-corrected chi connectivity index (χ0v) is 8.33. The first-order chi connectivity index (χ1) is 6.79. The molecule has 3 nitrogen and oxygen atoms in total. The summed E-state index contributed by atoms with van der Waals surface area (Å²) in [7, 11) is 0. The van der Waals surface area contributed by atoms with Crippen molar-refractivity contribution in [3.63, 3.8) is 0 Å². The summed E-state index contributed by atoms with van der Waals surface area (Å²) in [4.78, 5) is 10.1. The van der Waals surface area contributed by atoms with Gasteiger partial charge in [0, 0.05) is 12.6 Å². The van der Waals surface area contributed by atoms with Gasteiger partial charge in [0.25, 0.3) is 0 Å². The molecular weight excluding hydrogens is 178 g/mol. The van der Waals surface area contributed by atoms with Crippen molar-refractivity contribution in [2.75, 3.05) is 13.1 Å². The van der Waals surface area contributed by atoms with Gasteiger partial charge in [0.2, 0.25) is 0 Å². The van der Waals surface area contributed by atoms with Gasteiger partial charge in [-0.1, -0.05) is 17.7 Å². The minimum absolute atomic E-state index is 0.638. The Morgan fingerprint density at radius 3 is 3.14 bits per heavy atom. The summed E-state index contributed by atoms with van der Waals surface area (Å²) < 4.78 is 0. The van der Waals surface area contributed by atoms with E-state index in [0.29, 0.717) is 6.54 Å². The fourth-order valence-electron chi connectivity index (χ4n) is 1.56. The molecule has 0 saturated carbocycles. The Balaban J connectivity index is 1.96. The lowest BCUT2D eigenvalue weighted by Gasteiger charge is -2.01. The maximum atomic E-state index is 10.1. The van der Waals surface area contributed by atoms with Gasteiger partial charge in [0.1, 0.15) is 0 Å². The molecule has 3 heteroatoms. The van der Waals surface area contributed by atoms with Crippen molar-refractivity contribution >= 4 is 5.97 Å². The van der Waals surface area contributed by atoms with Crippen LogP contribution in [0.3, 0.4) is 0 Å². The van der Waals surface area contributed by atoms with E-state index in [4.69, 9.17) is 5.11 Å². The second-order valence-corrected chi connectivity index (χ2v) is 3.45. The Labute approximate surface area is 84.5 Å². The van der Waals surface area contributed by atoms with E-state index in [1.165, 1.54) is 25.3 Å². The summed E-state index contributed by atoms with van der Waals surface area (Å²) >= 11 is 0. The molecule has 0 unspecified atom stereocenters. The van der Waals surface area contributed by atoms with E-state index in [-0.39, 0.29) is 0 Å². The van der Waals surface area contributed by atoms with Crippen LogP contribution in [0.5, 0.6) is 0 Å². The van der Waals surface area contributed by atoms with E-state index in [1.807, 2.05) is 0 Å². The van der Waals surface area contributed by atoms with Crippen molar-refractivity contribution in [2.45, 2.75) is 25.7 Å². The van der Waals surface area contributed by atoms with E-state index >= 15 is 0 Å². The molecule has 14 heavy (non-hydrogen) atoms. The molecule has 0 atom stereocenters. The highest BCUT2D eigenvalue weighted by molar-refractivity contribution is 5.79. The van der Waals surface area contributed by atoms with Crippen LogP contribution in [-0.2, 0) is 4.79 Å². The molecule has 1 rings (SSSR count). The number of allylic oxidation sites excluding steroid dienone is 1. The summed E-state index contributed by atoms with van der Waals surface area (Å²) in [5, 5.41) is 11.5. The molecule has 0 saturated heterocycles. The maximum absolute atomic E-state index is 10.1. The van der Waals surface area contributed by atoms with Gasteiger partial charge < -0.3 is 10.4 Å². The van der Waals surface area contributed by atoms with E-state index in [0.717, 1.165) is 13.0 Å². The van der Waals surface area contributed by atoms with Gasteiger partial charge in [-0.05, 0) is 32.2 Å². The molecule has 78 valence electrons. The van der Waals surface area contributed by atoms with Crippen LogP contribution in [0.15, 0.2) is 23.8 Å². The average molecular weight is 195 g/mol. The third-order valence-corrected chi connectivity index (χ3v) is 2.28. The lowest BCUT2D eigenvalue weighted by atomic mass is 10.2. The fraction of sp³-hybridized carbons (Fsp3) is 0.545. The molecule has 0 heterocycles. The second-order valence-electron chi connectivity index (χ2n) is 3.45. The minimum Gasteiger partial charge on any atom is -0.478 e. The molecule has 0 aliphatic heterocycles. The number of nitrogens with one attached hydrogen (secondary N) is 1. The van der Waals surface area contributed by atoms with Gasteiger partial charge in [-0.3, -0.25) is 0 Å². The monoisotopic (exact) mass is 195 g/mol. The van der Waals surface area contributed by atoms with Crippen LogP contribution in [0.4, 0.5) is 0 Å². The first-order valence-electron chi connectivity index (χ1n) is 5.07. The van der Waals surface area contributed by atoms with Crippen molar-refractivity contribution in [1.82, 2.24) is 5.32 Å². The van der Waals surface area contributed by atoms with Crippen molar-refractivity contribution in [3.8, 4) is 0 Å². The Bertz CT molecular complexity index is 244. The molecule has 0 aromatic carbocycles. The lowest BCUT2D eigenvalue weighted by molar-refractivity contribution is -0.131. The third kappa shape index (κ3) is 4.82. The van der Waals surface area contributed by atoms with Crippen LogP contribution in [0.2, 0.25) is 0 Å². The Hall–Kier alpha value is -1.09. The number of rotatable bonds is 6. The number of carboxylic acids is 1. The summed E-state index contributed by atoms with van der Waals surface area (Å²) in [6, 6.07) is 0. The molecule has 1 aliphatic rings. The SMILES string of the molecule is O=C(O)/C=C/CNCCC1=CCCC1. The number of hydrogen-bond donors (Lipinski definition) is 2. The molecule has 0 aromatic rings. The first-order valence-corrected chi connectivity index (χ1v) is 5.07. The molecule has 0 aromatic heterocycles. The van der Waals surface area contributed by atoms with Gasteiger partial charge in [0.15, 0.2) is 0 Å². The van der Waals surface area contributed by atoms with E-state index in [2.05, 4.69) is 11.4 Å². The van der Waals surface area contributed by atoms with E-state index in [9.17, 15) is 4.79 Å². The quantitative estimate of drug-likeness (QED) is 0.385. The minimum atomic E-state index is -0.884.